The van der Waals surface area contributed by atoms with Gasteiger partial charge in [0.1, 0.15) is 46.6 Å². The Morgan fingerprint density at radius 3 is 1.29 bits per heavy atom. The summed E-state index contributed by atoms with van der Waals surface area (Å²) in [6, 6.07) is 35.7. The highest BCUT2D eigenvalue weighted by Gasteiger charge is 2.33. The van der Waals surface area contributed by atoms with Crippen molar-refractivity contribution in [2.45, 2.75) is 70.7 Å². The Morgan fingerprint density at radius 2 is 0.918 bits per heavy atom. The van der Waals surface area contributed by atoms with Crippen molar-refractivity contribution in [1.82, 2.24) is 29.9 Å². The Bertz CT molecular complexity index is 4030. The van der Waals surface area contributed by atoms with Gasteiger partial charge in [0.05, 0.1) is 41.3 Å². The Labute approximate surface area is 564 Å². The summed E-state index contributed by atoms with van der Waals surface area (Å²) in [6.07, 6.45) is -6.68. The fourth-order valence-electron chi connectivity index (χ4n) is 7.48. The third-order valence-electron chi connectivity index (χ3n) is 12.3. The number of carbonyl (C=O) groups excluding carboxylic acids is 4. The van der Waals surface area contributed by atoms with Gasteiger partial charge in [0.25, 0.3) is 0 Å². The summed E-state index contributed by atoms with van der Waals surface area (Å²) >= 11 is 6.50. The molecule has 0 bridgehead atoms. The van der Waals surface area contributed by atoms with Gasteiger partial charge in [0.15, 0.2) is 12.6 Å². The number of hydrogen-bond donors (Lipinski definition) is 4. The van der Waals surface area contributed by atoms with Crippen molar-refractivity contribution in [3.05, 3.63) is 259 Å². The molecule has 6 heterocycles. The molecule has 30 heteroatoms. The van der Waals surface area contributed by atoms with Gasteiger partial charge in [0, 0.05) is 75.9 Å². The van der Waals surface area contributed by atoms with Gasteiger partial charge in [-0.3, -0.25) is 19.3 Å². The maximum Gasteiger partial charge on any atom is 0.416 e. The van der Waals surface area contributed by atoms with Gasteiger partial charge in [-0.2, -0.15) is 52.7 Å². The SMILES string of the molecule is CC(C)(C)OC(=O)N(Cc1ccc(C(F)(F)F)cc1)c1ccc(C=O)cn1.COc1ccnc2[nH]ccc12.FC(F)(F)c1ccc(CNc2ccc(Br)cn2)cc1.Nc1ccc(Br)cn1.O=Cc1ccc(C(F)(F)F)cc1.O=Cc1ccc(NCc2ccc(C(F)(F)F)cc2)nc1. The average Bonchev–Trinajstić information content (AvgIpc) is 1.47. The van der Waals surface area contributed by atoms with Crippen molar-refractivity contribution in [2.75, 3.05) is 28.4 Å². The molecule has 0 saturated carbocycles. The summed E-state index contributed by atoms with van der Waals surface area (Å²) in [5.74, 6) is 2.85. The maximum absolute atomic E-state index is 12.7. The van der Waals surface area contributed by atoms with Crippen LogP contribution in [0.4, 0.5) is 80.8 Å². The lowest BCUT2D eigenvalue weighted by molar-refractivity contribution is -0.138. The third-order valence-corrected chi connectivity index (χ3v) is 13.3. The number of halogens is 14. The molecule has 0 aliphatic heterocycles. The minimum Gasteiger partial charge on any atom is -0.496 e. The lowest BCUT2D eigenvalue weighted by Crippen LogP contribution is -2.37. The van der Waals surface area contributed by atoms with E-state index in [4.69, 9.17) is 15.2 Å². The van der Waals surface area contributed by atoms with Crippen molar-refractivity contribution in [2.24, 2.45) is 0 Å². The van der Waals surface area contributed by atoms with Crippen LogP contribution in [-0.4, -0.2) is 67.6 Å². The van der Waals surface area contributed by atoms with Crippen LogP contribution in [0.2, 0.25) is 0 Å². The number of hydrogen-bond acceptors (Lipinski definition) is 14. The predicted octanol–water partition coefficient (Wildman–Crippen LogP) is 18.4. The van der Waals surface area contributed by atoms with Crippen LogP contribution in [-0.2, 0) is 49.1 Å². The molecular weight excluding hydrogens is 1430 g/mol. The van der Waals surface area contributed by atoms with Crippen LogP contribution in [0.3, 0.4) is 0 Å². The molecule has 0 saturated heterocycles. The van der Waals surface area contributed by atoms with E-state index in [9.17, 15) is 71.9 Å². The molecule has 10 rings (SSSR count). The summed E-state index contributed by atoms with van der Waals surface area (Å²) in [7, 11) is 1.65. The number of nitrogens with one attached hydrogen (secondary N) is 3. The highest BCUT2D eigenvalue weighted by molar-refractivity contribution is 9.10. The second kappa shape index (κ2) is 36.0. The van der Waals surface area contributed by atoms with E-state index in [0.717, 1.165) is 92.0 Å². The number of ether oxygens (including phenoxy) is 2. The Hall–Kier alpha value is -10.2. The van der Waals surface area contributed by atoms with Crippen LogP contribution >= 0.6 is 31.9 Å². The Kier molecular flexibility index (Phi) is 28.8. The number of amides is 1. The van der Waals surface area contributed by atoms with Crippen LogP contribution in [0.15, 0.2) is 204 Å². The maximum atomic E-state index is 12.7. The van der Waals surface area contributed by atoms with E-state index >= 15 is 0 Å². The highest BCUT2D eigenvalue weighted by Crippen LogP contribution is 2.33. The largest absolute Gasteiger partial charge is 0.496 e. The van der Waals surface area contributed by atoms with Gasteiger partial charge in [-0.1, -0.05) is 48.5 Å². The summed E-state index contributed by atoms with van der Waals surface area (Å²) in [5.41, 5.74) is 5.53. The van der Waals surface area contributed by atoms with E-state index in [1.807, 2.05) is 30.5 Å². The quantitative estimate of drug-likeness (QED) is 0.0623. The van der Waals surface area contributed by atoms with E-state index in [2.05, 4.69) is 72.4 Å². The molecule has 0 atom stereocenters. The highest BCUT2D eigenvalue weighted by atomic mass is 79.9. The number of nitrogen functional groups attached to an aromatic ring is 1. The first-order valence-corrected chi connectivity index (χ1v) is 29.6. The van der Waals surface area contributed by atoms with Gasteiger partial charge < -0.3 is 30.8 Å². The van der Waals surface area contributed by atoms with Gasteiger partial charge in [-0.05, 0) is 179 Å². The van der Waals surface area contributed by atoms with Crippen molar-refractivity contribution >= 4 is 91.1 Å². The van der Waals surface area contributed by atoms with E-state index in [0.29, 0.717) is 71.7 Å². The molecule has 6 aromatic heterocycles. The van der Waals surface area contributed by atoms with Crippen LogP contribution in [0.5, 0.6) is 5.75 Å². The first kappa shape index (κ1) is 77.5. The summed E-state index contributed by atoms with van der Waals surface area (Å²) < 4.78 is 161. The second-order valence-electron chi connectivity index (χ2n) is 20.8. The standard InChI is InChI=1S/C19H19F3N2O3.C14H11F3N2O.C13H10BrF3N2.C8H5F3O.C8H8N2O.C5H5BrN2/c1-18(2,3)27-17(26)24(16-9-6-14(12-25)10-23-16)11-13-4-7-15(8-5-13)19(20,21)22;15-14(16,17)12-4-1-10(2-5-12)7-18-13-6-3-11(9-20)8-19-13;14-11-5-6-12(19-8-11)18-7-9-1-3-10(4-2-9)13(15,16)17;9-8(10,11)7-3-1-6(5-12)2-4-7;1-11-7-3-5-10-8-6(7)2-4-9-8;6-4-1-2-5(7)8-3-4/h4-10,12H,11H2,1-3H3;1-6,8-9H,7H2,(H,18,19);1-6,8H,7H2,(H,18,19);1-5H;2-5H,1H3,(H,9,10);1-3H,(H2,7,8). The van der Waals surface area contributed by atoms with E-state index in [1.54, 1.807) is 70.7 Å². The molecule has 510 valence electrons. The van der Waals surface area contributed by atoms with Crippen molar-refractivity contribution in [1.29, 1.82) is 0 Å². The number of aromatic nitrogens is 6. The minimum atomic E-state index is -4.43. The van der Waals surface area contributed by atoms with Crippen LogP contribution in [0.1, 0.15) is 90.8 Å². The van der Waals surface area contributed by atoms with E-state index in [1.165, 1.54) is 65.8 Å². The van der Waals surface area contributed by atoms with Gasteiger partial charge in [-0.25, -0.2) is 29.7 Å². The number of H-pyrrole nitrogens is 1. The number of aldehydes is 3. The fourth-order valence-corrected chi connectivity index (χ4v) is 7.95. The number of carbonyl (C=O) groups is 4. The number of alkyl halides is 12. The van der Waals surface area contributed by atoms with Crippen molar-refractivity contribution in [3.8, 4) is 5.75 Å². The number of nitrogens with two attached hydrogens (primary N) is 1. The van der Waals surface area contributed by atoms with Crippen LogP contribution in [0.25, 0.3) is 11.0 Å². The second-order valence-corrected chi connectivity index (χ2v) is 22.6. The number of nitrogens with zero attached hydrogens (tertiary/aromatic N) is 6. The zero-order chi connectivity index (χ0) is 71.6. The minimum absolute atomic E-state index is 0.0412. The summed E-state index contributed by atoms with van der Waals surface area (Å²) in [4.78, 5) is 68.2. The zero-order valence-electron chi connectivity index (χ0n) is 51.3. The van der Waals surface area contributed by atoms with E-state index < -0.39 is 58.7 Å². The molecular formula is C67H58Br2F12N10O6. The molecule has 16 nitrogen and oxygen atoms in total. The molecule has 0 spiro atoms. The van der Waals surface area contributed by atoms with Gasteiger partial charge >= 0.3 is 30.8 Å². The van der Waals surface area contributed by atoms with Gasteiger partial charge in [-0.15, -0.1) is 0 Å². The lowest BCUT2D eigenvalue weighted by Gasteiger charge is -2.27. The smallest absolute Gasteiger partial charge is 0.416 e. The number of anilines is 4. The van der Waals surface area contributed by atoms with E-state index in [-0.39, 0.29) is 17.9 Å². The molecule has 97 heavy (non-hydrogen) atoms. The monoisotopic (exact) mass is 1480 g/mol. The normalized spacial score (nSPS) is 11.1. The summed E-state index contributed by atoms with van der Waals surface area (Å²) in [6.45, 7) is 5.83. The number of pyridine rings is 5. The predicted molar refractivity (Wildman–Crippen MR) is 348 cm³/mol. The molecule has 0 aliphatic rings. The number of benzene rings is 4. The lowest BCUT2D eigenvalue weighted by atomic mass is 10.1. The fraction of sp³-hybridized carbons (Fsp3) is 0.179. The molecule has 0 unspecified atom stereocenters. The number of rotatable bonds is 13. The molecule has 5 N–H and O–H groups in total. The number of aromatic amines is 1. The van der Waals surface area contributed by atoms with Gasteiger partial charge in [0.2, 0.25) is 0 Å². The zero-order valence-corrected chi connectivity index (χ0v) is 54.5. The molecule has 1 amide bonds. The Balaban J connectivity index is 0.000000219. The summed E-state index contributed by atoms with van der Waals surface area (Å²) in [5, 5.41) is 7.02. The third kappa shape index (κ3) is 27.2. The first-order valence-electron chi connectivity index (χ1n) is 28.0. The van der Waals surface area contributed by atoms with Crippen LogP contribution < -0.4 is 26.0 Å². The van der Waals surface area contributed by atoms with Crippen LogP contribution in [0, 0.1) is 0 Å². The molecule has 0 fully saturated rings. The Morgan fingerprint density at radius 1 is 0.505 bits per heavy atom. The molecule has 4 aromatic carbocycles. The van der Waals surface area contributed by atoms with Crippen molar-refractivity contribution in [3.63, 3.8) is 0 Å². The first-order chi connectivity index (χ1) is 45.7. The molecule has 0 radical (unpaired) electrons. The number of methoxy groups -OCH3 is 1. The van der Waals surface area contributed by atoms with Crippen molar-refractivity contribution < 1.29 is 81.3 Å². The topological polar surface area (TPSA) is 220 Å². The number of fused-ring (bicyclic) bond motifs is 1. The molecule has 0 aliphatic carbocycles. The average molecular weight is 1490 g/mol. The molecule has 10 aromatic rings.